The van der Waals surface area contributed by atoms with Crippen molar-refractivity contribution in [1.82, 2.24) is 14.7 Å². The average Bonchev–Trinajstić information content (AvgIpc) is 2.75. The molecule has 0 radical (unpaired) electrons. The van der Waals surface area contributed by atoms with E-state index in [1.165, 1.54) is 5.69 Å². The fraction of sp³-hybridized carbons (Fsp3) is 0.652. The molecule has 0 aliphatic carbocycles. The van der Waals surface area contributed by atoms with Gasteiger partial charge in [0, 0.05) is 64.5 Å². The summed E-state index contributed by atoms with van der Waals surface area (Å²) in [5, 5.41) is 9.37. The fourth-order valence-electron chi connectivity index (χ4n) is 4.38. The number of anilines is 1. The van der Waals surface area contributed by atoms with Crippen LogP contribution in [0.25, 0.3) is 0 Å². The highest BCUT2D eigenvalue weighted by Gasteiger charge is 2.27. The third-order valence-corrected chi connectivity index (χ3v) is 6.18. The Hall–Kier alpha value is -2.10. The Kier molecular flexibility index (Phi) is 7.91. The predicted octanol–water partition coefficient (Wildman–Crippen LogP) is 2.28. The van der Waals surface area contributed by atoms with Crippen LogP contribution >= 0.6 is 0 Å². The molecule has 0 aromatic heterocycles. The van der Waals surface area contributed by atoms with Gasteiger partial charge in [0.15, 0.2) is 0 Å². The highest BCUT2D eigenvalue weighted by molar-refractivity contribution is 5.76. The van der Waals surface area contributed by atoms with E-state index in [0.29, 0.717) is 12.3 Å². The number of hydrogen-bond donors (Lipinski definition) is 0. The number of para-hydroxylation sites is 1. The van der Waals surface area contributed by atoms with Crippen LogP contribution in [-0.2, 0) is 4.79 Å². The van der Waals surface area contributed by atoms with Crippen molar-refractivity contribution in [3.05, 3.63) is 30.3 Å². The molecule has 0 bridgehead atoms. The van der Waals surface area contributed by atoms with E-state index >= 15 is 0 Å². The molecule has 2 saturated heterocycles. The van der Waals surface area contributed by atoms with Gasteiger partial charge in [0.2, 0.25) is 5.91 Å². The van der Waals surface area contributed by atoms with Crippen molar-refractivity contribution in [3.63, 3.8) is 0 Å². The Bertz CT molecular complexity index is 670. The van der Waals surface area contributed by atoms with Crippen molar-refractivity contribution in [2.24, 2.45) is 5.92 Å². The molecule has 1 aromatic carbocycles. The molecule has 0 spiro atoms. The van der Waals surface area contributed by atoms with Crippen LogP contribution in [0, 0.1) is 17.2 Å². The molecular weight excluding hydrogens is 362 g/mol. The first kappa shape index (κ1) is 21.6. The lowest BCUT2D eigenvalue weighted by Gasteiger charge is -2.38. The number of benzene rings is 1. The summed E-state index contributed by atoms with van der Waals surface area (Å²) in [5.74, 6) is 0.593. The van der Waals surface area contributed by atoms with Gasteiger partial charge >= 0.3 is 0 Å². The van der Waals surface area contributed by atoms with Crippen LogP contribution in [0.2, 0.25) is 0 Å². The zero-order valence-electron chi connectivity index (χ0n) is 18.0. The molecule has 1 amide bonds. The number of piperazine rings is 2. The molecule has 2 aliphatic rings. The van der Waals surface area contributed by atoms with Crippen molar-refractivity contribution in [3.8, 4) is 6.07 Å². The second kappa shape index (κ2) is 10.6. The standard InChI is InChI=1S/C23H35N5O/c1-20(2)22(19-24)27-15-17-28(18-16-27)23(29)9-6-10-25-11-13-26(14-12-25)21-7-4-3-5-8-21/h3-5,7-8,20,22H,6,9-18H2,1-2H3. The van der Waals surface area contributed by atoms with Gasteiger partial charge in [0.1, 0.15) is 6.04 Å². The second-order valence-corrected chi connectivity index (χ2v) is 8.50. The Balaban J connectivity index is 1.32. The molecule has 6 nitrogen and oxygen atoms in total. The number of carbonyl (C=O) groups excluding carboxylic acids is 1. The van der Waals surface area contributed by atoms with Crippen LogP contribution in [0.4, 0.5) is 5.69 Å². The molecule has 3 rings (SSSR count). The van der Waals surface area contributed by atoms with Crippen LogP contribution in [0.5, 0.6) is 0 Å². The fourth-order valence-corrected chi connectivity index (χ4v) is 4.38. The van der Waals surface area contributed by atoms with Gasteiger partial charge in [0.25, 0.3) is 0 Å². The van der Waals surface area contributed by atoms with Crippen LogP contribution in [0.15, 0.2) is 30.3 Å². The summed E-state index contributed by atoms with van der Waals surface area (Å²) in [6.45, 7) is 12.5. The molecule has 158 valence electrons. The topological polar surface area (TPSA) is 53.8 Å². The van der Waals surface area contributed by atoms with E-state index in [1.54, 1.807) is 0 Å². The van der Waals surface area contributed by atoms with Crippen LogP contribution in [0.1, 0.15) is 26.7 Å². The Morgan fingerprint density at radius 1 is 1.00 bits per heavy atom. The molecule has 1 atom stereocenters. The summed E-state index contributed by atoms with van der Waals surface area (Å²) in [6.07, 6.45) is 1.56. The largest absolute Gasteiger partial charge is 0.369 e. The Labute approximate surface area is 175 Å². The summed E-state index contributed by atoms with van der Waals surface area (Å²) >= 11 is 0. The number of hydrogen-bond acceptors (Lipinski definition) is 5. The summed E-state index contributed by atoms with van der Waals surface area (Å²) in [4.78, 5) is 21.7. The van der Waals surface area contributed by atoms with Gasteiger partial charge in [-0.25, -0.2) is 0 Å². The van der Waals surface area contributed by atoms with Crippen LogP contribution in [0.3, 0.4) is 0 Å². The highest BCUT2D eigenvalue weighted by Crippen LogP contribution is 2.16. The minimum Gasteiger partial charge on any atom is -0.369 e. The number of rotatable bonds is 7. The molecule has 29 heavy (non-hydrogen) atoms. The highest BCUT2D eigenvalue weighted by atomic mass is 16.2. The van der Waals surface area contributed by atoms with Crippen LogP contribution < -0.4 is 4.90 Å². The number of amides is 1. The zero-order chi connectivity index (χ0) is 20.6. The molecular formula is C23H35N5O. The van der Waals surface area contributed by atoms with Gasteiger partial charge in [-0.05, 0) is 31.0 Å². The summed E-state index contributed by atoms with van der Waals surface area (Å²) in [7, 11) is 0. The lowest BCUT2D eigenvalue weighted by molar-refractivity contribution is -0.133. The minimum atomic E-state index is -0.0400. The maximum absolute atomic E-state index is 12.6. The van der Waals surface area contributed by atoms with Gasteiger partial charge in [-0.3, -0.25) is 14.6 Å². The van der Waals surface area contributed by atoms with E-state index < -0.39 is 0 Å². The maximum Gasteiger partial charge on any atom is 0.222 e. The molecule has 2 aliphatic heterocycles. The molecule has 0 saturated carbocycles. The van der Waals surface area contributed by atoms with Gasteiger partial charge < -0.3 is 9.80 Å². The van der Waals surface area contributed by atoms with Crippen molar-refractivity contribution in [2.45, 2.75) is 32.7 Å². The SMILES string of the molecule is CC(C)C(C#N)N1CCN(C(=O)CCCN2CCN(c3ccccc3)CC2)CC1. The van der Waals surface area contributed by atoms with Crippen LogP contribution in [-0.4, -0.2) is 85.6 Å². The molecule has 1 unspecified atom stereocenters. The van der Waals surface area contributed by atoms with E-state index in [-0.39, 0.29) is 11.9 Å². The maximum atomic E-state index is 12.6. The second-order valence-electron chi connectivity index (χ2n) is 8.50. The number of nitrogens with zero attached hydrogens (tertiary/aromatic N) is 5. The van der Waals surface area contributed by atoms with E-state index in [9.17, 15) is 10.1 Å². The summed E-state index contributed by atoms with van der Waals surface area (Å²) in [5.41, 5.74) is 1.30. The van der Waals surface area contributed by atoms with E-state index in [0.717, 1.165) is 65.3 Å². The zero-order valence-corrected chi connectivity index (χ0v) is 18.0. The molecule has 0 N–H and O–H groups in total. The monoisotopic (exact) mass is 397 g/mol. The van der Waals surface area contributed by atoms with E-state index in [2.05, 4.69) is 64.9 Å². The van der Waals surface area contributed by atoms with E-state index in [4.69, 9.17) is 0 Å². The normalized spacial score (nSPS) is 19.9. The third kappa shape index (κ3) is 5.94. The Morgan fingerprint density at radius 3 is 2.24 bits per heavy atom. The lowest BCUT2D eigenvalue weighted by Crippen LogP contribution is -2.53. The average molecular weight is 398 g/mol. The van der Waals surface area contributed by atoms with Crippen molar-refractivity contribution < 1.29 is 4.79 Å². The minimum absolute atomic E-state index is 0.0400. The van der Waals surface area contributed by atoms with Gasteiger partial charge in [-0.2, -0.15) is 5.26 Å². The van der Waals surface area contributed by atoms with Gasteiger partial charge in [-0.1, -0.05) is 32.0 Å². The quantitative estimate of drug-likeness (QED) is 0.707. The van der Waals surface area contributed by atoms with Crippen molar-refractivity contribution >= 4 is 11.6 Å². The first-order valence-corrected chi connectivity index (χ1v) is 11.0. The Morgan fingerprint density at radius 2 is 1.66 bits per heavy atom. The van der Waals surface area contributed by atoms with E-state index in [1.807, 2.05) is 4.90 Å². The predicted molar refractivity (Wildman–Crippen MR) is 117 cm³/mol. The lowest BCUT2D eigenvalue weighted by atomic mass is 10.0. The van der Waals surface area contributed by atoms with Crippen molar-refractivity contribution in [1.29, 1.82) is 5.26 Å². The molecule has 2 fully saturated rings. The first-order valence-electron chi connectivity index (χ1n) is 11.0. The van der Waals surface area contributed by atoms with Gasteiger partial charge in [-0.15, -0.1) is 0 Å². The molecule has 6 heteroatoms. The third-order valence-electron chi connectivity index (χ3n) is 6.18. The summed E-state index contributed by atoms with van der Waals surface area (Å²) < 4.78 is 0. The van der Waals surface area contributed by atoms with Gasteiger partial charge in [0.05, 0.1) is 6.07 Å². The summed E-state index contributed by atoms with van der Waals surface area (Å²) in [6, 6.07) is 13.0. The number of nitriles is 1. The molecule has 2 heterocycles. The molecule has 1 aromatic rings. The van der Waals surface area contributed by atoms with Crippen molar-refractivity contribution in [2.75, 3.05) is 63.8 Å². The first-order chi connectivity index (χ1) is 14.1. The number of carbonyl (C=O) groups is 1. The smallest absolute Gasteiger partial charge is 0.222 e.